The van der Waals surface area contributed by atoms with E-state index in [-0.39, 0.29) is 6.42 Å². The van der Waals surface area contributed by atoms with Crippen molar-refractivity contribution in [2.24, 2.45) is 11.8 Å². The van der Waals surface area contributed by atoms with E-state index in [1.165, 1.54) is 6.92 Å². The van der Waals surface area contributed by atoms with E-state index in [1.807, 2.05) is 6.92 Å². The first kappa shape index (κ1) is 22.9. The van der Waals surface area contributed by atoms with Crippen molar-refractivity contribution >= 4 is 24.3 Å². The summed E-state index contributed by atoms with van der Waals surface area (Å²) >= 11 is 0. The normalized spacial score (nSPS) is 23.3. The Morgan fingerprint density at radius 3 is 2.26 bits per heavy atom. The maximum Gasteiger partial charge on any atom is 0.413 e. The molecule has 0 spiro atoms. The van der Waals surface area contributed by atoms with Gasteiger partial charge in [-0.3, -0.25) is 9.69 Å². The van der Waals surface area contributed by atoms with Crippen molar-refractivity contribution in [1.82, 2.24) is 4.90 Å². The summed E-state index contributed by atoms with van der Waals surface area (Å²) in [5.74, 6) is -0.236. The second-order valence-corrected chi connectivity index (χ2v) is 7.58. The van der Waals surface area contributed by atoms with Crippen LogP contribution < -0.4 is 0 Å². The molecule has 8 nitrogen and oxygen atoms in total. The molecule has 0 aromatic heterocycles. The van der Waals surface area contributed by atoms with Gasteiger partial charge in [-0.25, -0.2) is 9.59 Å². The predicted octanol–water partition coefficient (Wildman–Crippen LogP) is 2.68. The average Bonchev–Trinajstić information content (AvgIpc) is 2.60. The van der Waals surface area contributed by atoms with Crippen LogP contribution in [-0.2, 0) is 28.6 Å². The number of methoxy groups -OCH3 is 1. The van der Waals surface area contributed by atoms with Gasteiger partial charge in [0.15, 0.2) is 6.73 Å². The summed E-state index contributed by atoms with van der Waals surface area (Å²) in [5, 5.41) is 0. The molecule has 1 aliphatic rings. The van der Waals surface area contributed by atoms with Crippen LogP contribution in [0.2, 0.25) is 0 Å². The molecule has 1 rings (SSSR count). The third-order valence-electron chi connectivity index (χ3n) is 5.17. The number of ether oxygens (including phenoxy) is 3. The minimum absolute atomic E-state index is 0.283. The maximum atomic E-state index is 12.8. The molecule has 0 bridgehead atoms. The number of hydrogen-bond donors (Lipinski definition) is 0. The zero-order valence-corrected chi connectivity index (χ0v) is 16.9. The summed E-state index contributed by atoms with van der Waals surface area (Å²) in [5.41, 5.74) is -0.668. The fourth-order valence-corrected chi connectivity index (χ4v) is 3.30. The lowest BCUT2D eigenvalue weighted by Gasteiger charge is -2.39. The van der Waals surface area contributed by atoms with Crippen molar-refractivity contribution in [2.75, 3.05) is 13.8 Å². The van der Waals surface area contributed by atoms with E-state index in [0.717, 1.165) is 24.9 Å². The number of aldehydes is 1. The first-order chi connectivity index (χ1) is 12.6. The van der Waals surface area contributed by atoms with Gasteiger partial charge in [0.25, 0.3) is 0 Å². The van der Waals surface area contributed by atoms with Gasteiger partial charge in [0.1, 0.15) is 17.9 Å². The summed E-state index contributed by atoms with van der Waals surface area (Å²) < 4.78 is 15.2. The lowest BCUT2D eigenvalue weighted by atomic mass is 9.75. The Morgan fingerprint density at radius 1 is 1.22 bits per heavy atom. The van der Waals surface area contributed by atoms with Gasteiger partial charge in [-0.2, -0.15) is 0 Å². The molecule has 1 atom stereocenters. The molecule has 1 saturated carbocycles. The van der Waals surface area contributed by atoms with E-state index in [2.05, 4.69) is 18.6 Å². The van der Waals surface area contributed by atoms with Crippen molar-refractivity contribution < 1.29 is 33.4 Å². The summed E-state index contributed by atoms with van der Waals surface area (Å²) in [6, 6.07) is -1.21. The molecule has 1 fully saturated rings. The average molecular weight is 385 g/mol. The molecular weight excluding hydrogens is 354 g/mol. The number of nitrogens with zero attached hydrogens (tertiary/aromatic N) is 1. The molecule has 0 aromatic carbocycles. The van der Waals surface area contributed by atoms with E-state index in [9.17, 15) is 19.2 Å². The van der Waals surface area contributed by atoms with Crippen LogP contribution in [-0.4, -0.2) is 54.7 Å². The first-order valence-electron chi connectivity index (χ1n) is 9.28. The molecule has 8 heteroatoms. The fourth-order valence-electron chi connectivity index (χ4n) is 3.30. The molecule has 0 radical (unpaired) electrons. The zero-order chi connectivity index (χ0) is 20.6. The summed E-state index contributed by atoms with van der Waals surface area (Å²) in [7, 11) is 1.16. The molecule has 1 aliphatic carbocycles. The largest absolute Gasteiger partial charge is 0.467 e. The molecular formula is C19H31NO7. The highest BCUT2D eigenvalue weighted by molar-refractivity contribution is 5.83. The molecule has 27 heavy (non-hydrogen) atoms. The van der Waals surface area contributed by atoms with Crippen molar-refractivity contribution in [3.63, 3.8) is 0 Å². The van der Waals surface area contributed by atoms with E-state index in [0.29, 0.717) is 31.0 Å². The predicted molar refractivity (Wildman–Crippen MR) is 96.6 cm³/mol. The van der Waals surface area contributed by atoms with Gasteiger partial charge < -0.3 is 19.0 Å². The Hall–Kier alpha value is -2.12. The molecule has 0 saturated heterocycles. The highest BCUT2D eigenvalue weighted by Crippen LogP contribution is 2.38. The number of rotatable bonds is 8. The number of amides is 1. The SMILES string of the molecule is COC(=O)C(CC=O)N(COC(C)=O)C(=O)OC1(C)CCC(C(C)C)CC1. The van der Waals surface area contributed by atoms with Crippen LogP contribution in [0.5, 0.6) is 0 Å². The topological polar surface area (TPSA) is 99.2 Å². The van der Waals surface area contributed by atoms with Crippen molar-refractivity contribution in [3.8, 4) is 0 Å². The molecule has 154 valence electrons. The third kappa shape index (κ3) is 6.84. The summed E-state index contributed by atoms with van der Waals surface area (Å²) in [6.45, 7) is 6.91. The second-order valence-electron chi connectivity index (χ2n) is 7.58. The van der Waals surface area contributed by atoms with Crippen molar-refractivity contribution in [1.29, 1.82) is 0 Å². The maximum absolute atomic E-state index is 12.8. The molecule has 0 aliphatic heterocycles. The van der Waals surface area contributed by atoms with E-state index >= 15 is 0 Å². The highest BCUT2D eigenvalue weighted by atomic mass is 16.6. The van der Waals surface area contributed by atoms with Gasteiger partial charge in [0, 0.05) is 13.3 Å². The number of esters is 2. The van der Waals surface area contributed by atoms with Crippen LogP contribution in [0.1, 0.15) is 59.8 Å². The Balaban J connectivity index is 2.90. The first-order valence-corrected chi connectivity index (χ1v) is 9.28. The van der Waals surface area contributed by atoms with Crippen molar-refractivity contribution in [3.05, 3.63) is 0 Å². The number of hydrogen-bond acceptors (Lipinski definition) is 7. The van der Waals surface area contributed by atoms with Crippen LogP contribution in [0.15, 0.2) is 0 Å². The molecule has 0 N–H and O–H groups in total. The Kier molecular flexibility index (Phi) is 8.72. The lowest BCUT2D eigenvalue weighted by Crippen LogP contribution is -2.50. The molecule has 1 amide bonds. The Morgan fingerprint density at radius 2 is 1.81 bits per heavy atom. The number of carbonyl (C=O) groups is 4. The summed E-state index contributed by atoms with van der Waals surface area (Å²) in [6.07, 6.45) is 2.72. The smallest absolute Gasteiger partial charge is 0.413 e. The van der Waals surface area contributed by atoms with Gasteiger partial charge in [0.05, 0.1) is 7.11 Å². The Bertz CT molecular complexity index is 538. The monoisotopic (exact) mass is 385 g/mol. The van der Waals surface area contributed by atoms with E-state index < -0.39 is 36.4 Å². The summed E-state index contributed by atoms with van der Waals surface area (Å²) in [4.78, 5) is 47.8. The highest BCUT2D eigenvalue weighted by Gasteiger charge is 2.39. The Labute approximate surface area is 160 Å². The van der Waals surface area contributed by atoms with Crippen molar-refractivity contribution in [2.45, 2.75) is 71.4 Å². The molecule has 0 heterocycles. The van der Waals surface area contributed by atoms with Crippen LogP contribution in [0.25, 0.3) is 0 Å². The van der Waals surface area contributed by atoms with Gasteiger partial charge in [-0.05, 0) is 44.4 Å². The van der Waals surface area contributed by atoms with E-state index in [1.54, 1.807) is 0 Å². The van der Waals surface area contributed by atoms with Gasteiger partial charge in [0.2, 0.25) is 0 Å². The van der Waals surface area contributed by atoms with Gasteiger partial charge >= 0.3 is 18.0 Å². The van der Waals surface area contributed by atoms with Crippen LogP contribution >= 0.6 is 0 Å². The third-order valence-corrected chi connectivity index (χ3v) is 5.17. The minimum Gasteiger partial charge on any atom is -0.467 e. The van der Waals surface area contributed by atoms with E-state index in [4.69, 9.17) is 9.47 Å². The zero-order valence-electron chi connectivity index (χ0n) is 16.9. The quantitative estimate of drug-likeness (QED) is 0.274. The minimum atomic E-state index is -1.21. The van der Waals surface area contributed by atoms with Crippen LogP contribution in [0.3, 0.4) is 0 Å². The fraction of sp³-hybridized carbons (Fsp3) is 0.789. The molecule has 0 aromatic rings. The molecule has 1 unspecified atom stereocenters. The lowest BCUT2D eigenvalue weighted by molar-refractivity contribution is -0.156. The standard InChI is InChI=1S/C19H31NO7/c1-13(2)15-6-9-19(4,10-7-15)27-18(24)20(12-26-14(3)22)16(8-11-21)17(23)25-5/h11,13,15-16H,6-10,12H2,1-5H3. The van der Waals surface area contributed by atoms with Gasteiger partial charge in [-0.15, -0.1) is 0 Å². The van der Waals surface area contributed by atoms with Crippen LogP contribution in [0.4, 0.5) is 4.79 Å². The number of carbonyl (C=O) groups excluding carboxylic acids is 4. The van der Waals surface area contributed by atoms with Gasteiger partial charge in [-0.1, -0.05) is 13.8 Å². The second kappa shape index (κ2) is 10.3. The van der Waals surface area contributed by atoms with Crippen LogP contribution in [0, 0.1) is 11.8 Å².